The second kappa shape index (κ2) is 11.6. The maximum absolute atomic E-state index is 12.6. The van der Waals surface area contributed by atoms with Crippen LogP contribution in [0.3, 0.4) is 0 Å². The van der Waals surface area contributed by atoms with Gasteiger partial charge in [0.15, 0.2) is 0 Å². The number of likely N-dealkylation sites (tertiary alicyclic amines) is 2. The molecule has 3 saturated heterocycles. The normalized spacial score (nSPS) is 26.6. The van der Waals surface area contributed by atoms with Crippen molar-refractivity contribution in [2.24, 2.45) is 17.8 Å². The van der Waals surface area contributed by atoms with E-state index in [4.69, 9.17) is 0 Å². The minimum Gasteiger partial charge on any atom is -0.343 e. The molecule has 2 atom stereocenters. The van der Waals surface area contributed by atoms with E-state index in [-0.39, 0.29) is 24.8 Å². The van der Waals surface area contributed by atoms with Gasteiger partial charge in [-0.2, -0.15) is 0 Å². The van der Waals surface area contributed by atoms with Gasteiger partial charge < -0.3 is 15.1 Å². The Bertz CT molecular complexity index is 377. The highest BCUT2D eigenvalue weighted by Gasteiger charge is 2.28. The first kappa shape index (κ1) is 23.0. The molecule has 3 aliphatic rings. The lowest BCUT2D eigenvalue weighted by molar-refractivity contribution is -0.134. The van der Waals surface area contributed by atoms with E-state index in [9.17, 15) is 4.79 Å². The van der Waals surface area contributed by atoms with E-state index in [0.29, 0.717) is 17.7 Å². The van der Waals surface area contributed by atoms with Gasteiger partial charge in [0.1, 0.15) is 0 Å². The molecule has 0 aromatic rings. The van der Waals surface area contributed by atoms with Gasteiger partial charge in [0, 0.05) is 26.1 Å². The van der Waals surface area contributed by atoms with Gasteiger partial charge >= 0.3 is 0 Å². The van der Waals surface area contributed by atoms with Crippen LogP contribution in [0.5, 0.6) is 0 Å². The SMILES string of the molecule is CC(CC(=O)N1CCC(CN2CCCC2)CC1)C1CCCNC1.Cl.Cl. The average Bonchev–Trinajstić information content (AvgIpc) is 3.09. The van der Waals surface area contributed by atoms with Crippen LogP contribution in [0.1, 0.15) is 51.9 Å². The van der Waals surface area contributed by atoms with Crippen LogP contribution >= 0.6 is 24.8 Å². The number of nitrogens with one attached hydrogen (secondary N) is 1. The summed E-state index contributed by atoms with van der Waals surface area (Å²) in [5.41, 5.74) is 0. The van der Waals surface area contributed by atoms with Gasteiger partial charge in [-0.1, -0.05) is 6.92 Å². The molecule has 0 bridgehead atoms. The summed E-state index contributed by atoms with van der Waals surface area (Å²) in [4.78, 5) is 17.4. The minimum absolute atomic E-state index is 0. The van der Waals surface area contributed by atoms with Crippen LogP contribution in [0.2, 0.25) is 0 Å². The number of rotatable bonds is 5. The molecule has 0 aliphatic carbocycles. The lowest BCUT2D eigenvalue weighted by Crippen LogP contribution is -2.42. The zero-order valence-electron chi connectivity index (χ0n) is 15.8. The van der Waals surface area contributed by atoms with Crippen LogP contribution in [0.15, 0.2) is 0 Å². The fraction of sp³-hybridized carbons (Fsp3) is 0.947. The van der Waals surface area contributed by atoms with Gasteiger partial charge in [-0.05, 0) is 82.5 Å². The molecule has 4 nitrogen and oxygen atoms in total. The summed E-state index contributed by atoms with van der Waals surface area (Å²) < 4.78 is 0. The minimum atomic E-state index is 0. The van der Waals surface area contributed by atoms with Gasteiger partial charge in [-0.25, -0.2) is 0 Å². The Labute approximate surface area is 166 Å². The van der Waals surface area contributed by atoms with Crippen molar-refractivity contribution in [1.82, 2.24) is 15.1 Å². The number of hydrogen-bond donors (Lipinski definition) is 1. The van der Waals surface area contributed by atoms with Crippen molar-refractivity contribution in [2.45, 2.75) is 51.9 Å². The Morgan fingerprint density at radius 2 is 1.72 bits per heavy atom. The standard InChI is InChI=1S/C19H35N3O.2ClH/c1-16(18-5-4-8-20-14-18)13-19(23)22-11-6-17(7-12-22)15-21-9-2-3-10-21;;/h16-18,20H,2-15H2,1H3;2*1H. The molecule has 1 amide bonds. The van der Waals surface area contributed by atoms with Crippen molar-refractivity contribution in [3.8, 4) is 0 Å². The fourth-order valence-corrected chi connectivity index (χ4v) is 4.63. The summed E-state index contributed by atoms with van der Waals surface area (Å²) in [5.74, 6) is 2.44. The van der Waals surface area contributed by atoms with Gasteiger partial charge in [-0.3, -0.25) is 4.79 Å². The molecule has 6 heteroatoms. The number of piperidine rings is 2. The number of carbonyl (C=O) groups excluding carboxylic acids is 1. The second-order valence-electron chi connectivity index (χ2n) is 8.12. The second-order valence-corrected chi connectivity index (χ2v) is 8.12. The molecule has 0 aromatic heterocycles. The molecule has 3 aliphatic heterocycles. The molecule has 0 radical (unpaired) electrons. The average molecular weight is 394 g/mol. The third kappa shape index (κ3) is 6.89. The lowest BCUT2D eigenvalue weighted by atomic mass is 9.85. The summed E-state index contributed by atoms with van der Waals surface area (Å²) in [5, 5.41) is 3.48. The van der Waals surface area contributed by atoms with Crippen molar-refractivity contribution in [3.05, 3.63) is 0 Å². The molecule has 3 rings (SSSR count). The quantitative estimate of drug-likeness (QED) is 0.778. The molecule has 0 aromatic carbocycles. The van der Waals surface area contributed by atoms with Crippen LogP contribution in [-0.4, -0.2) is 61.5 Å². The van der Waals surface area contributed by atoms with E-state index in [1.165, 1.54) is 58.2 Å². The molecule has 25 heavy (non-hydrogen) atoms. The molecule has 1 N–H and O–H groups in total. The van der Waals surface area contributed by atoms with E-state index in [0.717, 1.165) is 38.5 Å². The van der Waals surface area contributed by atoms with Crippen molar-refractivity contribution in [1.29, 1.82) is 0 Å². The highest BCUT2D eigenvalue weighted by molar-refractivity contribution is 5.85. The van der Waals surface area contributed by atoms with Gasteiger partial charge in [0.2, 0.25) is 5.91 Å². The number of carbonyl (C=O) groups is 1. The third-order valence-corrected chi connectivity index (χ3v) is 6.32. The molecule has 0 spiro atoms. The zero-order valence-corrected chi connectivity index (χ0v) is 17.4. The maximum atomic E-state index is 12.6. The molecule has 148 valence electrons. The van der Waals surface area contributed by atoms with Gasteiger partial charge in [0.25, 0.3) is 0 Å². The Balaban J connectivity index is 0.00000156. The van der Waals surface area contributed by atoms with Gasteiger partial charge in [0.05, 0.1) is 0 Å². The Morgan fingerprint density at radius 3 is 2.32 bits per heavy atom. The van der Waals surface area contributed by atoms with E-state index >= 15 is 0 Å². The highest BCUT2D eigenvalue weighted by atomic mass is 35.5. The summed E-state index contributed by atoms with van der Waals surface area (Å²) in [6.45, 7) is 10.4. The first-order chi connectivity index (χ1) is 11.2. The number of nitrogens with zero attached hydrogens (tertiary/aromatic N) is 2. The van der Waals surface area contributed by atoms with Crippen molar-refractivity contribution < 1.29 is 4.79 Å². The van der Waals surface area contributed by atoms with Crippen molar-refractivity contribution >= 4 is 30.7 Å². The van der Waals surface area contributed by atoms with Crippen molar-refractivity contribution in [2.75, 3.05) is 45.8 Å². The summed E-state index contributed by atoms with van der Waals surface area (Å²) in [6, 6.07) is 0. The molecular weight excluding hydrogens is 357 g/mol. The first-order valence-electron chi connectivity index (χ1n) is 9.93. The van der Waals surface area contributed by atoms with E-state index < -0.39 is 0 Å². The number of amides is 1. The fourth-order valence-electron chi connectivity index (χ4n) is 4.63. The topological polar surface area (TPSA) is 35.6 Å². The Morgan fingerprint density at radius 1 is 1.04 bits per heavy atom. The van der Waals surface area contributed by atoms with Gasteiger partial charge in [-0.15, -0.1) is 24.8 Å². The predicted molar refractivity (Wildman–Crippen MR) is 109 cm³/mol. The van der Waals surface area contributed by atoms with Crippen LogP contribution in [0.4, 0.5) is 0 Å². The highest BCUT2D eigenvalue weighted by Crippen LogP contribution is 2.25. The van der Waals surface area contributed by atoms with Crippen molar-refractivity contribution in [3.63, 3.8) is 0 Å². The molecule has 3 heterocycles. The Kier molecular flexibility index (Phi) is 10.7. The van der Waals surface area contributed by atoms with E-state index in [2.05, 4.69) is 22.0 Å². The molecule has 3 fully saturated rings. The monoisotopic (exact) mass is 393 g/mol. The largest absolute Gasteiger partial charge is 0.343 e. The molecule has 2 unspecified atom stereocenters. The first-order valence-corrected chi connectivity index (χ1v) is 9.93. The Hall–Kier alpha value is -0.0300. The van der Waals surface area contributed by atoms with Crippen LogP contribution in [0.25, 0.3) is 0 Å². The number of hydrogen-bond acceptors (Lipinski definition) is 3. The van der Waals surface area contributed by atoms with Crippen LogP contribution in [0, 0.1) is 17.8 Å². The summed E-state index contributed by atoms with van der Waals surface area (Å²) >= 11 is 0. The third-order valence-electron chi connectivity index (χ3n) is 6.32. The lowest BCUT2D eigenvalue weighted by Gasteiger charge is -2.35. The van der Waals surface area contributed by atoms with E-state index in [1.807, 2.05) is 0 Å². The summed E-state index contributed by atoms with van der Waals surface area (Å²) in [7, 11) is 0. The van der Waals surface area contributed by atoms with E-state index in [1.54, 1.807) is 0 Å². The zero-order chi connectivity index (χ0) is 16.1. The predicted octanol–water partition coefficient (Wildman–Crippen LogP) is 3.19. The van der Waals surface area contributed by atoms with Crippen LogP contribution in [-0.2, 0) is 4.79 Å². The maximum Gasteiger partial charge on any atom is 0.222 e. The number of halogens is 2. The smallest absolute Gasteiger partial charge is 0.222 e. The molecular formula is C19H37Cl2N3O. The summed E-state index contributed by atoms with van der Waals surface area (Å²) in [6.07, 6.45) is 8.49. The van der Waals surface area contributed by atoms with Crippen LogP contribution < -0.4 is 5.32 Å². The molecule has 0 saturated carbocycles.